The fourth-order valence-corrected chi connectivity index (χ4v) is 4.74. The summed E-state index contributed by atoms with van der Waals surface area (Å²) in [5.74, 6) is -0.102. The van der Waals surface area contributed by atoms with Gasteiger partial charge in [0, 0.05) is 18.7 Å². The zero-order valence-electron chi connectivity index (χ0n) is 19.4. The number of ether oxygens (including phenoxy) is 2. The summed E-state index contributed by atoms with van der Waals surface area (Å²) in [4.78, 5) is 24.0. The molecule has 3 aromatic rings. The van der Waals surface area contributed by atoms with E-state index in [0.29, 0.717) is 18.8 Å². The molecule has 0 fully saturated rings. The molecule has 0 saturated heterocycles. The highest BCUT2D eigenvalue weighted by Crippen LogP contribution is 2.32. The molecule has 35 heavy (non-hydrogen) atoms. The van der Waals surface area contributed by atoms with Gasteiger partial charge in [-0.15, -0.1) is 0 Å². The first-order chi connectivity index (χ1) is 16.7. The molecule has 0 aliphatic rings. The molecular weight excluding hydrogens is 470 g/mol. The third kappa shape index (κ3) is 6.58. The molecule has 0 aromatic heterocycles. The van der Waals surface area contributed by atoms with Crippen LogP contribution in [0.5, 0.6) is 17.2 Å². The van der Waals surface area contributed by atoms with Crippen molar-refractivity contribution in [1.29, 1.82) is 0 Å². The van der Waals surface area contributed by atoms with Crippen molar-refractivity contribution in [3.05, 3.63) is 78.4 Å². The fraction of sp³-hybridized carbons (Fsp3) is 0.200. The molecule has 184 valence electrons. The number of anilines is 1. The minimum atomic E-state index is -3.77. The lowest BCUT2D eigenvalue weighted by atomic mass is 10.2. The summed E-state index contributed by atoms with van der Waals surface area (Å²) in [7, 11) is -3.77. The van der Waals surface area contributed by atoms with E-state index in [9.17, 15) is 18.0 Å². The van der Waals surface area contributed by atoms with Gasteiger partial charge in [-0.3, -0.25) is 9.59 Å². The van der Waals surface area contributed by atoms with Gasteiger partial charge in [0.2, 0.25) is 15.9 Å². The van der Waals surface area contributed by atoms with E-state index < -0.39 is 21.8 Å². The van der Waals surface area contributed by atoms with Crippen LogP contribution in [0, 0.1) is 0 Å². The molecule has 10 heteroatoms. The molecule has 0 heterocycles. The number of rotatable bonds is 11. The maximum atomic E-state index is 13.0. The number of carbonyl (C=O) groups excluding carboxylic acids is 2. The lowest BCUT2D eigenvalue weighted by Crippen LogP contribution is -2.30. The third-order valence-corrected chi connectivity index (χ3v) is 7.07. The standard InChI is InChI=1S/C25H27N3O6S/c1-3-28(4-2)35(31,32)21-13-14-23(34-19-10-6-5-7-11-19)22(16-21)27-24(29)17-33-20-12-8-9-18(15-20)25(26)30/h5-16H,3-4,17H2,1-2H3,(H2,26,30)(H,27,29). The van der Waals surface area contributed by atoms with Crippen molar-refractivity contribution in [2.24, 2.45) is 5.73 Å². The first-order valence-electron chi connectivity index (χ1n) is 10.9. The molecule has 3 N–H and O–H groups in total. The predicted molar refractivity (Wildman–Crippen MR) is 132 cm³/mol. The summed E-state index contributed by atoms with van der Waals surface area (Å²) in [5.41, 5.74) is 5.69. The molecule has 2 amide bonds. The van der Waals surface area contributed by atoms with E-state index in [1.807, 2.05) is 6.07 Å². The molecular formula is C25H27N3O6S. The molecule has 0 aliphatic carbocycles. The van der Waals surface area contributed by atoms with Crippen LogP contribution in [0.2, 0.25) is 0 Å². The molecule has 0 unspecified atom stereocenters. The Labute approximate surface area is 204 Å². The third-order valence-electron chi connectivity index (χ3n) is 5.03. The number of carbonyl (C=O) groups is 2. The number of hydrogen-bond acceptors (Lipinski definition) is 6. The highest BCUT2D eigenvalue weighted by atomic mass is 32.2. The maximum Gasteiger partial charge on any atom is 0.262 e. The van der Waals surface area contributed by atoms with Crippen LogP contribution in [0.3, 0.4) is 0 Å². The summed E-state index contributed by atoms with van der Waals surface area (Å²) in [6, 6.07) is 19.3. The Bertz CT molecular complexity index is 1290. The van der Waals surface area contributed by atoms with Gasteiger partial charge in [0.05, 0.1) is 10.6 Å². The van der Waals surface area contributed by atoms with Crippen LogP contribution in [0.4, 0.5) is 5.69 Å². The Kier molecular flexibility index (Phi) is 8.45. The molecule has 0 radical (unpaired) electrons. The van der Waals surface area contributed by atoms with Crippen molar-refractivity contribution in [1.82, 2.24) is 4.31 Å². The van der Waals surface area contributed by atoms with Crippen molar-refractivity contribution in [3.8, 4) is 17.2 Å². The smallest absolute Gasteiger partial charge is 0.262 e. The maximum absolute atomic E-state index is 13.0. The summed E-state index contributed by atoms with van der Waals surface area (Å²) in [5, 5.41) is 2.66. The van der Waals surface area contributed by atoms with Crippen LogP contribution in [0.25, 0.3) is 0 Å². The molecule has 0 spiro atoms. The van der Waals surface area contributed by atoms with Crippen LogP contribution < -0.4 is 20.5 Å². The number of hydrogen-bond donors (Lipinski definition) is 2. The van der Waals surface area contributed by atoms with E-state index in [0.717, 1.165) is 0 Å². The number of nitrogens with one attached hydrogen (secondary N) is 1. The van der Waals surface area contributed by atoms with Gasteiger partial charge in [-0.25, -0.2) is 8.42 Å². The minimum absolute atomic E-state index is 0.0204. The van der Waals surface area contributed by atoms with E-state index in [1.54, 1.807) is 50.2 Å². The molecule has 3 aromatic carbocycles. The number of sulfonamides is 1. The number of amides is 2. The van der Waals surface area contributed by atoms with Crippen molar-refractivity contribution in [2.75, 3.05) is 25.0 Å². The van der Waals surface area contributed by atoms with Crippen LogP contribution in [0.1, 0.15) is 24.2 Å². The Morgan fingerprint density at radius 3 is 2.26 bits per heavy atom. The molecule has 0 bridgehead atoms. The number of benzene rings is 3. The van der Waals surface area contributed by atoms with E-state index in [1.165, 1.54) is 34.6 Å². The highest BCUT2D eigenvalue weighted by Gasteiger charge is 2.23. The van der Waals surface area contributed by atoms with Crippen molar-refractivity contribution >= 4 is 27.5 Å². The normalized spacial score (nSPS) is 11.2. The van der Waals surface area contributed by atoms with Crippen LogP contribution in [-0.2, 0) is 14.8 Å². The Morgan fingerprint density at radius 2 is 1.60 bits per heavy atom. The first kappa shape index (κ1) is 25.7. The lowest BCUT2D eigenvalue weighted by molar-refractivity contribution is -0.118. The first-order valence-corrected chi connectivity index (χ1v) is 12.4. The van der Waals surface area contributed by atoms with Gasteiger partial charge in [-0.1, -0.05) is 38.1 Å². The molecule has 0 atom stereocenters. The van der Waals surface area contributed by atoms with E-state index >= 15 is 0 Å². The second-order valence-electron chi connectivity index (χ2n) is 7.39. The summed E-state index contributed by atoms with van der Waals surface area (Å²) < 4.78 is 38.7. The second-order valence-corrected chi connectivity index (χ2v) is 9.33. The van der Waals surface area contributed by atoms with E-state index in [-0.39, 0.29) is 34.3 Å². The largest absolute Gasteiger partial charge is 0.484 e. The van der Waals surface area contributed by atoms with Crippen LogP contribution in [-0.4, -0.2) is 44.2 Å². The van der Waals surface area contributed by atoms with Crippen LogP contribution in [0.15, 0.2) is 77.7 Å². The van der Waals surface area contributed by atoms with Gasteiger partial charge < -0.3 is 20.5 Å². The molecule has 3 rings (SSSR count). The number of para-hydroxylation sites is 1. The number of nitrogens with two attached hydrogens (primary N) is 1. The fourth-order valence-electron chi connectivity index (χ4n) is 3.26. The van der Waals surface area contributed by atoms with E-state index in [2.05, 4.69) is 5.32 Å². The monoisotopic (exact) mass is 497 g/mol. The van der Waals surface area contributed by atoms with E-state index in [4.69, 9.17) is 15.2 Å². The summed E-state index contributed by atoms with van der Waals surface area (Å²) in [6.45, 7) is 3.73. The zero-order valence-corrected chi connectivity index (χ0v) is 20.2. The molecule has 9 nitrogen and oxygen atoms in total. The highest BCUT2D eigenvalue weighted by molar-refractivity contribution is 7.89. The second kappa shape index (κ2) is 11.5. The Balaban J connectivity index is 1.85. The van der Waals surface area contributed by atoms with Gasteiger partial charge >= 0.3 is 0 Å². The Hall–Kier alpha value is -3.89. The summed E-state index contributed by atoms with van der Waals surface area (Å²) in [6.07, 6.45) is 0. The van der Waals surface area contributed by atoms with Gasteiger partial charge in [0.1, 0.15) is 11.5 Å². The predicted octanol–water partition coefficient (Wildman–Crippen LogP) is 3.63. The van der Waals surface area contributed by atoms with Crippen molar-refractivity contribution in [3.63, 3.8) is 0 Å². The van der Waals surface area contributed by atoms with Gasteiger partial charge in [-0.05, 0) is 48.5 Å². The van der Waals surface area contributed by atoms with Gasteiger partial charge in [-0.2, -0.15) is 4.31 Å². The van der Waals surface area contributed by atoms with Gasteiger partial charge in [0.15, 0.2) is 12.4 Å². The summed E-state index contributed by atoms with van der Waals surface area (Å²) >= 11 is 0. The van der Waals surface area contributed by atoms with Crippen LogP contribution >= 0.6 is 0 Å². The topological polar surface area (TPSA) is 128 Å². The molecule has 0 saturated carbocycles. The van der Waals surface area contributed by atoms with Crippen molar-refractivity contribution in [2.45, 2.75) is 18.7 Å². The number of primary amides is 1. The Morgan fingerprint density at radius 1 is 0.914 bits per heavy atom. The lowest BCUT2D eigenvalue weighted by Gasteiger charge is -2.20. The number of nitrogens with zero attached hydrogens (tertiary/aromatic N) is 1. The average molecular weight is 498 g/mol. The SMILES string of the molecule is CCN(CC)S(=O)(=O)c1ccc(Oc2ccccc2)c(NC(=O)COc2cccc(C(N)=O)c2)c1. The minimum Gasteiger partial charge on any atom is -0.484 e. The quantitative estimate of drug-likeness (QED) is 0.416. The molecule has 0 aliphatic heterocycles. The van der Waals surface area contributed by atoms with Crippen molar-refractivity contribution < 1.29 is 27.5 Å². The zero-order chi connectivity index (χ0) is 25.4. The average Bonchev–Trinajstić information content (AvgIpc) is 2.85. The van der Waals surface area contributed by atoms with Gasteiger partial charge in [0.25, 0.3) is 5.91 Å².